The second kappa shape index (κ2) is 12.0. The fourth-order valence-electron chi connectivity index (χ4n) is 5.13. The number of nitrogens with one attached hydrogen (secondary N) is 1. The third-order valence-electron chi connectivity index (χ3n) is 7.09. The number of nitrogens with zero attached hydrogens (tertiary/aromatic N) is 3. The van der Waals surface area contributed by atoms with E-state index in [1.807, 2.05) is 47.8 Å². The van der Waals surface area contributed by atoms with Gasteiger partial charge in [0.25, 0.3) is 0 Å². The Balaban J connectivity index is 1.23. The largest absolute Gasteiger partial charge is 0.480 e. The van der Waals surface area contributed by atoms with Crippen molar-refractivity contribution in [2.24, 2.45) is 5.92 Å². The molecule has 0 unspecified atom stereocenters. The summed E-state index contributed by atoms with van der Waals surface area (Å²) in [6.45, 7) is 2.25. The maximum Gasteiger partial charge on any atom is 0.407 e. The number of aliphatic carboxylic acids is 1. The molecule has 1 aromatic heterocycles. The number of rotatable bonds is 10. The van der Waals surface area contributed by atoms with Gasteiger partial charge in [-0.2, -0.15) is 0 Å². The summed E-state index contributed by atoms with van der Waals surface area (Å²) in [5, 5.41) is 12.7. The number of aromatic nitrogens is 2. The highest BCUT2D eigenvalue weighted by Crippen LogP contribution is 2.26. The van der Waals surface area contributed by atoms with E-state index in [1.54, 1.807) is 0 Å². The molecule has 1 saturated heterocycles. The molecule has 2 fully saturated rings. The van der Waals surface area contributed by atoms with E-state index in [0.29, 0.717) is 25.9 Å². The van der Waals surface area contributed by atoms with Crippen molar-refractivity contribution in [2.75, 3.05) is 13.1 Å². The molecule has 2 atom stereocenters. The van der Waals surface area contributed by atoms with E-state index >= 15 is 0 Å². The molecular formula is C26H36N4O4. The minimum Gasteiger partial charge on any atom is -0.480 e. The van der Waals surface area contributed by atoms with Crippen molar-refractivity contribution >= 4 is 12.1 Å². The van der Waals surface area contributed by atoms with Crippen molar-refractivity contribution in [3.05, 3.63) is 54.1 Å². The first-order valence-corrected chi connectivity index (χ1v) is 12.5. The van der Waals surface area contributed by atoms with Gasteiger partial charge in [-0.1, -0.05) is 62.4 Å². The van der Waals surface area contributed by atoms with Crippen LogP contribution in [0.4, 0.5) is 4.79 Å². The molecule has 1 amide bonds. The molecule has 184 valence electrons. The van der Waals surface area contributed by atoms with Gasteiger partial charge < -0.3 is 19.7 Å². The van der Waals surface area contributed by atoms with Crippen LogP contribution in [0.25, 0.3) is 0 Å². The summed E-state index contributed by atoms with van der Waals surface area (Å²) in [5.41, 5.74) is 1.73. The summed E-state index contributed by atoms with van der Waals surface area (Å²) < 4.78 is 7.40. The predicted octanol–water partition coefficient (Wildman–Crippen LogP) is 3.85. The third kappa shape index (κ3) is 7.06. The number of ether oxygens (including phenoxy) is 1. The van der Waals surface area contributed by atoms with Crippen molar-refractivity contribution in [1.29, 1.82) is 0 Å². The zero-order valence-electron chi connectivity index (χ0n) is 19.8. The summed E-state index contributed by atoms with van der Waals surface area (Å²) >= 11 is 0. The average Bonchev–Trinajstić information content (AvgIpc) is 3.50. The molecule has 1 aliphatic heterocycles. The van der Waals surface area contributed by atoms with Crippen LogP contribution in [-0.4, -0.2) is 56.8 Å². The number of carbonyl (C=O) groups is 2. The van der Waals surface area contributed by atoms with Crippen LogP contribution in [0.3, 0.4) is 0 Å². The van der Waals surface area contributed by atoms with E-state index in [9.17, 15) is 14.7 Å². The topological polar surface area (TPSA) is 96.7 Å². The zero-order chi connectivity index (χ0) is 23.8. The Labute approximate surface area is 201 Å². The lowest BCUT2D eigenvalue weighted by Gasteiger charge is -2.23. The summed E-state index contributed by atoms with van der Waals surface area (Å²) in [7, 11) is 0. The minimum absolute atomic E-state index is 0.127. The fraction of sp³-hybridized carbons (Fsp3) is 0.577. The number of amides is 1. The minimum atomic E-state index is -0.857. The highest BCUT2D eigenvalue weighted by molar-refractivity contribution is 5.74. The number of imidazole rings is 1. The van der Waals surface area contributed by atoms with Crippen LogP contribution in [0.1, 0.15) is 56.2 Å². The van der Waals surface area contributed by atoms with Gasteiger partial charge >= 0.3 is 12.1 Å². The maximum atomic E-state index is 12.2. The summed E-state index contributed by atoms with van der Waals surface area (Å²) in [5.74, 6) is -0.0520. The Hall–Kier alpha value is -2.87. The molecule has 1 saturated carbocycles. The van der Waals surface area contributed by atoms with Gasteiger partial charge in [-0.05, 0) is 24.3 Å². The number of carboxylic acids is 1. The summed E-state index contributed by atoms with van der Waals surface area (Å²) in [6, 6.07) is 8.73. The van der Waals surface area contributed by atoms with E-state index in [4.69, 9.17) is 4.74 Å². The number of carboxylic acid groups (broad SMARTS) is 1. The van der Waals surface area contributed by atoms with Crippen LogP contribution in [0, 0.1) is 5.92 Å². The standard InChI is InChI=1S/C26H36N4O4/c31-25(32)24(15-23-16-29(19-27-23)13-11-20-7-3-1-4-8-20)30-14-12-22(17-30)28-26(33)34-18-21-9-5-2-6-10-21/h2,5-6,9-10,16,19-20,22,24H,1,3-4,7-8,11-15,17-18H2,(H,28,33)(H,31,32)/t22-,24-/m0/s1. The third-order valence-corrected chi connectivity index (χ3v) is 7.09. The van der Waals surface area contributed by atoms with Crippen LogP contribution < -0.4 is 5.32 Å². The van der Waals surface area contributed by atoms with Gasteiger partial charge in [0.05, 0.1) is 12.0 Å². The number of aryl methyl sites for hydroxylation is 1. The molecule has 2 aromatic rings. The van der Waals surface area contributed by atoms with Gasteiger partial charge in [-0.15, -0.1) is 0 Å². The van der Waals surface area contributed by atoms with Crippen molar-refractivity contribution in [1.82, 2.24) is 19.8 Å². The van der Waals surface area contributed by atoms with Crippen molar-refractivity contribution in [2.45, 2.75) is 76.6 Å². The van der Waals surface area contributed by atoms with E-state index in [-0.39, 0.29) is 12.6 Å². The van der Waals surface area contributed by atoms with Crippen LogP contribution in [0.5, 0.6) is 0 Å². The number of hydrogen-bond donors (Lipinski definition) is 2. The number of alkyl carbamates (subject to hydrolysis) is 1. The molecule has 0 bridgehead atoms. The molecule has 2 aliphatic rings. The lowest BCUT2D eigenvalue weighted by molar-refractivity contribution is -0.142. The first-order chi connectivity index (χ1) is 16.6. The van der Waals surface area contributed by atoms with Crippen LogP contribution in [-0.2, 0) is 29.1 Å². The quantitative estimate of drug-likeness (QED) is 0.550. The van der Waals surface area contributed by atoms with Gasteiger partial charge in [-0.25, -0.2) is 9.78 Å². The Morgan fingerprint density at radius 3 is 2.71 bits per heavy atom. The highest BCUT2D eigenvalue weighted by atomic mass is 16.5. The van der Waals surface area contributed by atoms with Crippen molar-refractivity contribution in [3.63, 3.8) is 0 Å². The molecule has 8 heteroatoms. The first-order valence-electron chi connectivity index (χ1n) is 12.5. The number of likely N-dealkylation sites (tertiary alicyclic amines) is 1. The highest BCUT2D eigenvalue weighted by Gasteiger charge is 2.33. The molecule has 4 rings (SSSR count). The SMILES string of the molecule is O=C(N[C@H]1CCN([C@@H](Cc2cn(CCC3CCCCC3)cn2)C(=O)O)C1)OCc1ccccc1. The van der Waals surface area contributed by atoms with Crippen LogP contribution >= 0.6 is 0 Å². The molecule has 34 heavy (non-hydrogen) atoms. The monoisotopic (exact) mass is 468 g/mol. The number of benzene rings is 1. The van der Waals surface area contributed by atoms with E-state index in [0.717, 1.165) is 30.1 Å². The van der Waals surface area contributed by atoms with Crippen molar-refractivity contribution in [3.8, 4) is 0 Å². The molecular weight excluding hydrogens is 432 g/mol. The van der Waals surface area contributed by atoms with Gasteiger partial charge in [0.15, 0.2) is 0 Å². The molecule has 8 nitrogen and oxygen atoms in total. The van der Waals surface area contributed by atoms with Gasteiger partial charge in [0.1, 0.15) is 12.6 Å². The average molecular weight is 469 g/mol. The summed E-state index contributed by atoms with van der Waals surface area (Å²) in [6.07, 6.45) is 12.3. The van der Waals surface area contributed by atoms with E-state index in [2.05, 4.69) is 14.9 Å². The maximum absolute atomic E-state index is 12.2. The Morgan fingerprint density at radius 2 is 1.94 bits per heavy atom. The van der Waals surface area contributed by atoms with Gasteiger partial charge in [-0.3, -0.25) is 9.69 Å². The summed E-state index contributed by atoms with van der Waals surface area (Å²) in [4.78, 5) is 30.6. The Morgan fingerprint density at radius 1 is 1.15 bits per heavy atom. The zero-order valence-corrected chi connectivity index (χ0v) is 19.8. The van der Waals surface area contributed by atoms with Gasteiger partial charge in [0.2, 0.25) is 0 Å². The van der Waals surface area contributed by atoms with Crippen LogP contribution in [0.2, 0.25) is 0 Å². The molecule has 2 N–H and O–H groups in total. The molecule has 1 aromatic carbocycles. The van der Waals surface area contributed by atoms with Gasteiger partial charge in [0, 0.05) is 38.3 Å². The molecule has 0 radical (unpaired) electrons. The molecule has 1 aliphatic carbocycles. The molecule has 0 spiro atoms. The van der Waals surface area contributed by atoms with Crippen LogP contribution in [0.15, 0.2) is 42.9 Å². The number of hydrogen-bond acceptors (Lipinski definition) is 5. The lowest BCUT2D eigenvalue weighted by atomic mass is 9.87. The molecule has 2 heterocycles. The smallest absolute Gasteiger partial charge is 0.407 e. The van der Waals surface area contributed by atoms with Crippen molar-refractivity contribution < 1.29 is 19.4 Å². The number of carbonyl (C=O) groups excluding carboxylic acids is 1. The van der Waals surface area contributed by atoms with E-state index < -0.39 is 18.1 Å². The lowest BCUT2D eigenvalue weighted by Crippen LogP contribution is -2.44. The second-order valence-electron chi connectivity index (χ2n) is 9.64. The predicted molar refractivity (Wildman–Crippen MR) is 128 cm³/mol. The normalized spacial score (nSPS) is 20.2. The fourth-order valence-corrected chi connectivity index (χ4v) is 5.13. The second-order valence-corrected chi connectivity index (χ2v) is 9.64. The Kier molecular flexibility index (Phi) is 8.57. The Bertz CT molecular complexity index is 926. The first kappa shape index (κ1) is 24.3. The van der Waals surface area contributed by atoms with E-state index in [1.165, 1.54) is 32.1 Å².